The van der Waals surface area contributed by atoms with Crippen molar-refractivity contribution in [1.29, 1.82) is 0 Å². The molecule has 0 radical (unpaired) electrons. The van der Waals surface area contributed by atoms with Crippen LogP contribution >= 0.6 is 0 Å². The van der Waals surface area contributed by atoms with Gasteiger partial charge >= 0.3 is 0 Å². The molecule has 8 nitrogen and oxygen atoms in total. The zero-order valence-electron chi connectivity index (χ0n) is 18.5. The summed E-state index contributed by atoms with van der Waals surface area (Å²) >= 11 is 0. The summed E-state index contributed by atoms with van der Waals surface area (Å²) in [6.07, 6.45) is 1.07. The van der Waals surface area contributed by atoms with Gasteiger partial charge in [-0.3, -0.25) is 4.79 Å². The van der Waals surface area contributed by atoms with Crippen molar-refractivity contribution in [3.8, 4) is 0 Å². The van der Waals surface area contributed by atoms with E-state index >= 15 is 0 Å². The number of sulfonamides is 1. The lowest BCUT2D eigenvalue weighted by Gasteiger charge is -2.26. The number of benzene rings is 2. The van der Waals surface area contributed by atoms with E-state index in [0.29, 0.717) is 45.7 Å². The van der Waals surface area contributed by atoms with Crippen LogP contribution < -0.4 is 5.32 Å². The predicted octanol–water partition coefficient (Wildman–Crippen LogP) is 1.76. The molecule has 2 aromatic carbocycles. The monoisotopic (exact) mass is 494 g/mol. The van der Waals surface area contributed by atoms with E-state index in [0.717, 1.165) is 11.1 Å². The van der Waals surface area contributed by atoms with Crippen molar-refractivity contribution >= 4 is 25.8 Å². The number of carbonyl (C=O) groups is 1. The molecule has 0 unspecified atom stereocenters. The molecule has 3 rings (SSSR count). The van der Waals surface area contributed by atoms with Crippen LogP contribution in [-0.4, -0.2) is 65.6 Å². The fourth-order valence-corrected chi connectivity index (χ4v) is 6.37. The van der Waals surface area contributed by atoms with Gasteiger partial charge in [0, 0.05) is 26.1 Å². The lowest BCUT2D eigenvalue weighted by molar-refractivity contribution is -0.121. The summed E-state index contributed by atoms with van der Waals surface area (Å²) in [5.74, 6) is -0.152. The van der Waals surface area contributed by atoms with Gasteiger partial charge in [-0.25, -0.2) is 16.8 Å². The summed E-state index contributed by atoms with van der Waals surface area (Å²) in [5, 5.41) is 2.75. The molecular formula is C23H30N2O6S2. The Bertz CT molecular complexity index is 1110. The van der Waals surface area contributed by atoms with E-state index in [2.05, 4.69) is 5.32 Å². The summed E-state index contributed by atoms with van der Waals surface area (Å²) in [5.41, 5.74) is 1.61. The Morgan fingerprint density at radius 2 is 1.58 bits per heavy atom. The number of ether oxygens (including phenoxy) is 1. The third-order valence-corrected chi connectivity index (χ3v) is 8.95. The van der Waals surface area contributed by atoms with E-state index in [1.54, 1.807) is 36.4 Å². The summed E-state index contributed by atoms with van der Waals surface area (Å²) in [4.78, 5) is 12.3. The lowest BCUT2D eigenvalue weighted by Crippen LogP contribution is -2.40. The van der Waals surface area contributed by atoms with E-state index in [4.69, 9.17) is 4.74 Å². The number of morpholine rings is 1. The smallest absolute Gasteiger partial charge is 0.243 e. The quantitative estimate of drug-likeness (QED) is 0.477. The molecule has 10 heteroatoms. The second kappa shape index (κ2) is 11.7. The van der Waals surface area contributed by atoms with Crippen molar-refractivity contribution in [2.45, 2.75) is 29.9 Å². The molecule has 1 aliphatic heterocycles. The van der Waals surface area contributed by atoms with Crippen molar-refractivity contribution in [2.24, 2.45) is 0 Å². The maximum absolute atomic E-state index is 12.6. The third-order valence-electron chi connectivity index (χ3n) is 5.36. The number of hydrogen-bond acceptors (Lipinski definition) is 6. The fraction of sp³-hybridized carbons (Fsp3) is 0.435. The Morgan fingerprint density at radius 1 is 0.909 bits per heavy atom. The van der Waals surface area contributed by atoms with E-state index in [1.165, 1.54) is 4.31 Å². The number of sulfone groups is 1. The van der Waals surface area contributed by atoms with Crippen LogP contribution in [0.15, 0.2) is 59.5 Å². The van der Waals surface area contributed by atoms with Gasteiger partial charge < -0.3 is 10.1 Å². The van der Waals surface area contributed by atoms with Gasteiger partial charge in [-0.1, -0.05) is 42.5 Å². The molecule has 0 aromatic heterocycles. The highest BCUT2D eigenvalue weighted by Crippen LogP contribution is 2.18. The Labute approximate surface area is 195 Å². The fourth-order valence-electron chi connectivity index (χ4n) is 3.53. The van der Waals surface area contributed by atoms with Crippen LogP contribution in [0.4, 0.5) is 0 Å². The number of hydrogen-bond donors (Lipinski definition) is 1. The van der Waals surface area contributed by atoms with Crippen LogP contribution in [0.5, 0.6) is 0 Å². The number of nitrogens with one attached hydrogen (secondary N) is 1. The maximum Gasteiger partial charge on any atom is 0.243 e. The molecule has 2 aromatic rings. The lowest BCUT2D eigenvalue weighted by atomic mass is 10.1. The molecule has 1 heterocycles. The minimum atomic E-state index is -3.53. The van der Waals surface area contributed by atoms with Gasteiger partial charge in [0.05, 0.1) is 29.6 Å². The first kappa shape index (κ1) is 25.4. The standard InChI is InChI=1S/C23H30N2O6S2/c26-23(24-13-4-18-32(27,28)19-21-5-2-1-3-6-21)12-9-20-7-10-22(11-8-20)33(29,30)25-14-16-31-17-15-25/h1-3,5-8,10-11H,4,9,12-19H2,(H,24,26). The van der Waals surface area contributed by atoms with E-state index in [-0.39, 0.29) is 28.7 Å². The zero-order chi connectivity index (χ0) is 23.7. The Balaban J connectivity index is 1.38. The zero-order valence-corrected chi connectivity index (χ0v) is 20.1. The first-order valence-electron chi connectivity index (χ1n) is 10.9. The topological polar surface area (TPSA) is 110 Å². The molecular weight excluding hydrogens is 464 g/mol. The molecule has 0 bridgehead atoms. The molecule has 0 saturated carbocycles. The molecule has 33 heavy (non-hydrogen) atoms. The number of nitrogens with zero attached hydrogens (tertiary/aromatic N) is 1. The summed E-state index contributed by atoms with van der Waals surface area (Å²) in [6, 6.07) is 15.6. The van der Waals surface area contributed by atoms with Crippen molar-refractivity contribution < 1.29 is 26.4 Å². The minimum Gasteiger partial charge on any atom is -0.379 e. The maximum atomic E-state index is 12.6. The summed E-state index contributed by atoms with van der Waals surface area (Å²) < 4.78 is 56.3. The molecule has 0 spiro atoms. The largest absolute Gasteiger partial charge is 0.379 e. The molecule has 1 aliphatic rings. The van der Waals surface area contributed by atoms with Gasteiger partial charge in [-0.2, -0.15) is 4.31 Å². The molecule has 1 saturated heterocycles. The average molecular weight is 495 g/mol. The molecule has 1 N–H and O–H groups in total. The molecule has 0 atom stereocenters. The Hall–Kier alpha value is -2.27. The van der Waals surface area contributed by atoms with Crippen LogP contribution in [-0.2, 0) is 41.6 Å². The average Bonchev–Trinajstić information content (AvgIpc) is 2.82. The normalized spacial score (nSPS) is 15.3. The Kier molecular flexibility index (Phi) is 9.02. The van der Waals surface area contributed by atoms with E-state index in [9.17, 15) is 21.6 Å². The van der Waals surface area contributed by atoms with Gasteiger partial charge in [0.2, 0.25) is 15.9 Å². The molecule has 0 aliphatic carbocycles. The van der Waals surface area contributed by atoms with Crippen molar-refractivity contribution in [3.63, 3.8) is 0 Å². The van der Waals surface area contributed by atoms with Crippen LogP contribution in [0.1, 0.15) is 24.0 Å². The van der Waals surface area contributed by atoms with Crippen LogP contribution in [0.25, 0.3) is 0 Å². The highest BCUT2D eigenvalue weighted by atomic mass is 32.2. The summed E-state index contributed by atoms with van der Waals surface area (Å²) in [7, 11) is -6.76. The van der Waals surface area contributed by atoms with Crippen LogP contribution in [0.3, 0.4) is 0 Å². The number of aryl methyl sites for hydroxylation is 1. The Morgan fingerprint density at radius 3 is 2.24 bits per heavy atom. The van der Waals surface area contributed by atoms with Crippen molar-refractivity contribution in [3.05, 3.63) is 65.7 Å². The van der Waals surface area contributed by atoms with Crippen molar-refractivity contribution in [2.75, 3.05) is 38.6 Å². The van der Waals surface area contributed by atoms with Gasteiger partial charge in [-0.15, -0.1) is 0 Å². The van der Waals surface area contributed by atoms with Gasteiger partial charge in [0.25, 0.3) is 0 Å². The third kappa shape index (κ3) is 7.92. The number of amides is 1. The van der Waals surface area contributed by atoms with Crippen LogP contribution in [0, 0.1) is 0 Å². The van der Waals surface area contributed by atoms with Gasteiger partial charge in [0.1, 0.15) is 0 Å². The van der Waals surface area contributed by atoms with Crippen molar-refractivity contribution in [1.82, 2.24) is 9.62 Å². The highest BCUT2D eigenvalue weighted by molar-refractivity contribution is 7.90. The van der Waals surface area contributed by atoms with Gasteiger partial charge in [0.15, 0.2) is 9.84 Å². The van der Waals surface area contributed by atoms with Gasteiger partial charge in [-0.05, 0) is 36.1 Å². The molecule has 180 valence electrons. The number of carbonyl (C=O) groups excluding carboxylic acids is 1. The summed E-state index contributed by atoms with van der Waals surface area (Å²) in [6.45, 7) is 1.77. The second-order valence-corrected chi connectivity index (χ2v) is 12.1. The minimum absolute atomic E-state index is 0.000953. The predicted molar refractivity (Wildman–Crippen MR) is 126 cm³/mol. The first-order valence-corrected chi connectivity index (χ1v) is 14.2. The molecule has 1 fully saturated rings. The first-order chi connectivity index (χ1) is 15.8. The SMILES string of the molecule is O=C(CCc1ccc(S(=O)(=O)N2CCOCC2)cc1)NCCCS(=O)(=O)Cc1ccccc1. The molecule has 1 amide bonds. The van der Waals surface area contributed by atoms with E-state index < -0.39 is 19.9 Å². The number of rotatable bonds is 11. The van der Waals surface area contributed by atoms with Crippen LogP contribution in [0.2, 0.25) is 0 Å². The second-order valence-electron chi connectivity index (χ2n) is 7.94. The van der Waals surface area contributed by atoms with E-state index in [1.807, 2.05) is 18.2 Å². The highest BCUT2D eigenvalue weighted by Gasteiger charge is 2.26.